The van der Waals surface area contributed by atoms with E-state index < -0.39 is 5.38 Å². The number of carbonyl (C=O) groups is 1. The van der Waals surface area contributed by atoms with Crippen molar-refractivity contribution >= 4 is 33.8 Å². The number of halogens is 1. The molecule has 0 spiro atoms. The Labute approximate surface area is 144 Å². The number of nitrogens with zero attached hydrogens (tertiary/aromatic N) is 1. The van der Waals surface area contributed by atoms with E-state index in [0.29, 0.717) is 16.5 Å². The highest BCUT2D eigenvalue weighted by molar-refractivity contribution is 7.16. The molecular formula is C18H17ClN2OS. The van der Waals surface area contributed by atoms with Crippen molar-refractivity contribution in [1.29, 1.82) is 5.26 Å². The van der Waals surface area contributed by atoms with Crippen LogP contribution in [0.4, 0.5) is 5.00 Å². The van der Waals surface area contributed by atoms with Crippen molar-refractivity contribution in [3.8, 4) is 6.07 Å². The van der Waals surface area contributed by atoms with E-state index in [1.54, 1.807) is 0 Å². The summed E-state index contributed by atoms with van der Waals surface area (Å²) in [5.41, 5.74) is 2.47. The van der Waals surface area contributed by atoms with E-state index in [4.69, 9.17) is 11.6 Å². The van der Waals surface area contributed by atoms with E-state index in [1.807, 2.05) is 30.3 Å². The third-order valence-electron chi connectivity index (χ3n) is 4.18. The van der Waals surface area contributed by atoms with Crippen LogP contribution in [0.2, 0.25) is 0 Å². The second-order valence-electron chi connectivity index (χ2n) is 5.93. The molecule has 2 aromatic rings. The zero-order valence-electron chi connectivity index (χ0n) is 12.8. The summed E-state index contributed by atoms with van der Waals surface area (Å²) in [4.78, 5) is 13.6. The molecule has 118 valence electrons. The van der Waals surface area contributed by atoms with Crippen LogP contribution in [-0.4, -0.2) is 5.91 Å². The molecule has 0 saturated heterocycles. The van der Waals surface area contributed by atoms with Crippen LogP contribution < -0.4 is 5.32 Å². The Morgan fingerprint density at radius 2 is 2.17 bits per heavy atom. The Hall–Kier alpha value is -1.83. The number of nitrogens with one attached hydrogen (secondary N) is 1. The predicted octanol–water partition coefficient (Wildman–Crippen LogP) is 4.66. The van der Waals surface area contributed by atoms with Gasteiger partial charge in [0.05, 0.1) is 5.56 Å². The van der Waals surface area contributed by atoms with Gasteiger partial charge >= 0.3 is 0 Å². The number of fused-ring (bicyclic) bond motifs is 1. The Morgan fingerprint density at radius 1 is 1.43 bits per heavy atom. The molecule has 1 amide bonds. The predicted molar refractivity (Wildman–Crippen MR) is 93.9 cm³/mol. The maximum absolute atomic E-state index is 12.4. The smallest absolute Gasteiger partial charge is 0.247 e. The molecule has 3 nitrogen and oxygen atoms in total. The summed E-state index contributed by atoms with van der Waals surface area (Å²) in [6.07, 6.45) is 2.98. The molecule has 0 radical (unpaired) electrons. The highest BCUT2D eigenvalue weighted by atomic mass is 35.5. The SMILES string of the molecule is CC1CCc2c(sc(NC(=O)C(Cl)c3ccccc3)c2C#N)C1. The molecule has 2 atom stereocenters. The lowest BCUT2D eigenvalue weighted by atomic mass is 9.88. The van der Waals surface area contributed by atoms with Crippen LogP contribution in [-0.2, 0) is 17.6 Å². The van der Waals surface area contributed by atoms with Crippen molar-refractivity contribution in [3.63, 3.8) is 0 Å². The number of rotatable bonds is 3. The number of hydrogen-bond acceptors (Lipinski definition) is 3. The maximum atomic E-state index is 12.4. The van der Waals surface area contributed by atoms with Crippen LogP contribution in [0, 0.1) is 17.2 Å². The van der Waals surface area contributed by atoms with E-state index in [0.717, 1.165) is 30.4 Å². The van der Waals surface area contributed by atoms with Crippen LogP contribution in [0.15, 0.2) is 30.3 Å². The summed E-state index contributed by atoms with van der Waals surface area (Å²) in [7, 11) is 0. The minimum Gasteiger partial charge on any atom is -0.315 e. The first-order valence-corrected chi connectivity index (χ1v) is 8.90. The fourth-order valence-electron chi connectivity index (χ4n) is 2.91. The number of thiophene rings is 1. The largest absolute Gasteiger partial charge is 0.315 e. The van der Waals surface area contributed by atoms with E-state index in [2.05, 4.69) is 18.3 Å². The average Bonchev–Trinajstić information content (AvgIpc) is 2.90. The molecule has 0 aliphatic heterocycles. The van der Waals surface area contributed by atoms with E-state index in [9.17, 15) is 10.1 Å². The van der Waals surface area contributed by atoms with Crippen molar-refractivity contribution in [1.82, 2.24) is 0 Å². The molecule has 0 bridgehead atoms. The Balaban J connectivity index is 1.83. The van der Waals surface area contributed by atoms with Gasteiger partial charge in [-0.1, -0.05) is 37.3 Å². The fraction of sp³-hybridized carbons (Fsp3) is 0.333. The number of anilines is 1. The van der Waals surface area contributed by atoms with Crippen molar-refractivity contribution in [3.05, 3.63) is 51.9 Å². The molecule has 5 heteroatoms. The Morgan fingerprint density at radius 3 is 2.87 bits per heavy atom. The Bertz CT molecular complexity index is 763. The molecule has 2 unspecified atom stereocenters. The maximum Gasteiger partial charge on any atom is 0.247 e. The third kappa shape index (κ3) is 3.26. The van der Waals surface area contributed by atoms with Gasteiger partial charge in [0.1, 0.15) is 16.4 Å². The first kappa shape index (κ1) is 16.0. The summed E-state index contributed by atoms with van der Waals surface area (Å²) in [6.45, 7) is 2.22. The summed E-state index contributed by atoms with van der Waals surface area (Å²) < 4.78 is 0. The number of benzene rings is 1. The van der Waals surface area contributed by atoms with Crippen LogP contribution in [0.3, 0.4) is 0 Å². The first-order chi connectivity index (χ1) is 11.1. The zero-order valence-corrected chi connectivity index (χ0v) is 14.4. The van der Waals surface area contributed by atoms with Gasteiger partial charge in [-0.25, -0.2) is 0 Å². The normalized spacial score (nSPS) is 17.9. The summed E-state index contributed by atoms with van der Waals surface area (Å²) >= 11 is 7.78. The molecule has 0 fully saturated rings. The Kier molecular flexibility index (Phi) is 4.70. The van der Waals surface area contributed by atoms with Crippen molar-refractivity contribution in [2.75, 3.05) is 5.32 Å². The molecule has 1 aromatic carbocycles. The summed E-state index contributed by atoms with van der Waals surface area (Å²) in [6, 6.07) is 11.5. The monoisotopic (exact) mass is 344 g/mol. The molecule has 3 rings (SSSR count). The number of nitriles is 1. The number of alkyl halides is 1. The zero-order chi connectivity index (χ0) is 16.4. The molecule has 1 N–H and O–H groups in total. The highest BCUT2D eigenvalue weighted by Gasteiger charge is 2.26. The quantitative estimate of drug-likeness (QED) is 0.823. The molecule has 1 aliphatic carbocycles. The van der Waals surface area contributed by atoms with E-state index in [-0.39, 0.29) is 5.91 Å². The van der Waals surface area contributed by atoms with Gasteiger partial charge < -0.3 is 5.32 Å². The second-order valence-corrected chi connectivity index (χ2v) is 7.47. The van der Waals surface area contributed by atoms with E-state index in [1.165, 1.54) is 16.2 Å². The van der Waals surface area contributed by atoms with Crippen LogP contribution in [0.25, 0.3) is 0 Å². The molecular weight excluding hydrogens is 328 g/mol. The van der Waals surface area contributed by atoms with Gasteiger partial charge in [0.15, 0.2) is 0 Å². The van der Waals surface area contributed by atoms with Crippen molar-refractivity contribution in [2.45, 2.75) is 31.6 Å². The van der Waals surface area contributed by atoms with Gasteiger partial charge in [0.2, 0.25) is 5.91 Å². The molecule has 1 heterocycles. The lowest BCUT2D eigenvalue weighted by Crippen LogP contribution is -2.17. The average molecular weight is 345 g/mol. The minimum atomic E-state index is -0.763. The second kappa shape index (κ2) is 6.74. The topological polar surface area (TPSA) is 52.9 Å². The van der Waals surface area contributed by atoms with Crippen molar-refractivity contribution in [2.24, 2.45) is 5.92 Å². The lowest BCUT2D eigenvalue weighted by Gasteiger charge is -2.17. The number of amides is 1. The minimum absolute atomic E-state index is 0.291. The molecule has 0 saturated carbocycles. The molecule has 1 aromatic heterocycles. The van der Waals surface area contributed by atoms with Crippen molar-refractivity contribution < 1.29 is 4.79 Å². The lowest BCUT2D eigenvalue weighted by molar-refractivity contribution is -0.115. The van der Waals surface area contributed by atoms with Gasteiger partial charge in [0.25, 0.3) is 0 Å². The van der Waals surface area contributed by atoms with Gasteiger partial charge in [-0.05, 0) is 36.3 Å². The standard InChI is InChI=1S/C18H17ClN2OS/c1-11-7-8-13-14(10-20)18(23-15(13)9-11)21-17(22)16(19)12-5-3-2-4-6-12/h2-6,11,16H,7-9H2,1H3,(H,21,22). The number of hydrogen-bond donors (Lipinski definition) is 1. The third-order valence-corrected chi connectivity index (χ3v) is 5.80. The first-order valence-electron chi connectivity index (χ1n) is 7.64. The summed E-state index contributed by atoms with van der Waals surface area (Å²) in [5.74, 6) is 0.336. The number of carbonyl (C=O) groups excluding carboxylic acids is 1. The van der Waals surface area contributed by atoms with Gasteiger partial charge in [0, 0.05) is 4.88 Å². The summed E-state index contributed by atoms with van der Waals surface area (Å²) in [5, 5.41) is 12.2. The van der Waals surface area contributed by atoms with Gasteiger partial charge in [-0.3, -0.25) is 4.79 Å². The van der Waals surface area contributed by atoms with Crippen LogP contribution >= 0.6 is 22.9 Å². The fourth-order valence-corrected chi connectivity index (χ4v) is 4.47. The van der Waals surface area contributed by atoms with Crippen LogP contribution in [0.5, 0.6) is 0 Å². The van der Waals surface area contributed by atoms with Crippen LogP contribution in [0.1, 0.15) is 40.3 Å². The molecule has 23 heavy (non-hydrogen) atoms. The van der Waals surface area contributed by atoms with E-state index >= 15 is 0 Å². The van der Waals surface area contributed by atoms with Gasteiger partial charge in [-0.15, -0.1) is 22.9 Å². The highest BCUT2D eigenvalue weighted by Crippen LogP contribution is 2.39. The molecule has 1 aliphatic rings. The van der Waals surface area contributed by atoms with Gasteiger partial charge in [-0.2, -0.15) is 5.26 Å².